The molecule has 1 aromatic rings. The van der Waals surface area contributed by atoms with E-state index in [1.54, 1.807) is 0 Å². The molecule has 0 saturated carbocycles. The van der Waals surface area contributed by atoms with Gasteiger partial charge in [-0.2, -0.15) is 4.99 Å². The largest absolute Gasteiger partial charge is 0.315 e. The highest BCUT2D eigenvalue weighted by Crippen LogP contribution is 2.43. The van der Waals surface area contributed by atoms with Crippen LogP contribution in [-0.2, 0) is 27.5 Å². The predicted octanol–water partition coefficient (Wildman–Crippen LogP) is 3.60. The number of fused-ring (bicyclic) bond motifs is 1. The van der Waals surface area contributed by atoms with Crippen molar-refractivity contribution < 1.29 is 13.2 Å². The Bertz CT molecular complexity index is 827. The quantitative estimate of drug-likeness (QED) is 0.719. The zero-order valence-corrected chi connectivity index (χ0v) is 17.9. The molecule has 3 rings (SSSR count). The van der Waals surface area contributed by atoms with Gasteiger partial charge in [-0.25, -0.2) is 8.42 Å². The van der Waals surface area contributed by atoms with Crippen LogP contribution < -0.4 is 4.90 Å². The van der Waals surface area contributed by atoms with Gasteiger partial charge in [0.15, 0.2) is 15.0 Å². The summed E-state index contributed by atoms with van der Waals surface area (Å²) in [7, 11) is -3.05. The molecule has 5 nitrogen and oxygen atoms in total. The van der Waals surface area contributed by atoms with E-state index in [1.165, 1.54) is 22.9 Å². The van der Waals surface area contributed by atoms with Crippen LogP contribution in [0.5, 0.6) is 0 Å². The van der Waals surface area contributed by atoms with Crippen molar-refractivity contribution in [1.29, 1.82) is 0 Å². The van der Waals surface area contributed by atoms with Crippen molar-refractivity contribution in [3.05, 3.63) is 29.3 Å². The lowest BCUT2D eigenvalue weighted by Gasteiger charge is -2.29. The van der Waals surface area contributed by atoms with E-state index in [1.807, 2.05) is 0 Å². The molecule has 0 spiro atoms. The molecule has 1 aromatic carbocycles. The summed E-state index contributed by atoms with van der Waals surface area (Å²) in [5.74, 6) is 0.185. The van der Waals surface area contributed by atoms with Crippen LogP contribution in [0.25, 0.3) is 0 Å². The average molecular weight is 409 g/mol. The molecule has 0 aliphatic carbocycles. The van der Waals surface area contributed by atoms with Gasteiger partial charge in [0.2, 0.25) is 5.91 Å². The molecule has 27 heavy (non-hydrogen) atoms. The van der Waals surface area contributed by atoms with Crippen molar-refractivity contribution in [2.24, 2.45) is 4.99 Å². The van der Waals surface area contributed by atoms with Crippen molar-refractivity contribution in [3.63, 3.8) is 0 Å². The minimum atomic E-state index is -3.05. The van der Waals surface area contributed by atoms with Crippen LogP contribution in [0.4, 0.5) is 5.69 Å². The highest BCUT2D eigenvalue weighted by molar-refractivity contribution is 8.16. The van der Waals surface area contributed by atoms with E-state index >= 15 is 0 Å². The minimum absolute atomic E-state index is 0.0534. The normalized spacial score (nSPS) is 25.1. The Hall–Kier alpha value is -1.34. The Morgan fingerprint density at radius 2 is 1.85 bits per heavy atom. The zero-order chi connectivity index (χ0) is 19.6. The number of aryl methyl sites for hydroxylation is 2. The van der Waals surface area contributed by atoms with E-state index in [-0.39, 0.29) is 28.7 Å². The van der Waals surface area contributed by atoms with Gasteiger partial charge in [0, 0.05) is 17.4 Å². The maximum Gasteiger partial charge on any atom is 0.248 e. The third kappa shape index (κ3) is 4.24. The standard InChI is InChI=1S/C20H28N2O3S2/c1-4-7-11-18(23)21-20-22(16-12-27(24,25)13-17(16)26-20)19-14(5-2)9-8-10-15(19)6-3/h8-10,16-17H,4-7,11-13H2,1-3H3. The lowest BCUT2D eigenvalue weighted by molar-refractivity contribution is -0.117. The molecule has 148 valence electrons. The number of carbonyl (C=O) groups excluding carboxylic acids is 1. The number of amidine groups is 1. The molecule has 2 atom stereocenters. The first-order valence-electron chi connectivity index (χ1n) is 9.78. The topological polar surface area (TPSA) is 66.8 Å². The van der Waals surface area contributed by atoms with Crippen LogP contribution in [0.2, 0.25) is 0 Å². The molecule has 2 aliphatic rings. The fourth-order valence-electron chi connectivity index (χ4n) is 3.84. The van der Waals surface area contributed by atoms with Gasteiger partial charge >= 0.3 is 0 Å². The number of para-hydroxylation sites is 1. The molecule has 1 amide bonds. The highest BCUT2D eigenvalue weighted by Gasteiger charge is 2.50. The molecule has 0 N–H and O–H groups in total. The molecule has 0 radical (unpaired) electrons. The fraction of sp³-hybridized carbons (Fsp3) is 0.600. The van der Waals surface area contributed by atoms with Crippen molar-refractivity contribution in [2.45, 2.75) is 64.2 Å². The van der Waals surface area contributed by atoms with Gasteiger partial charge < -0.3 is 4.90 Å². The summed E-state index contributed by atoms with van der Waals surface area (Å²) >= 11 is 1.46. The monoisotopic (exact) mass is 408 g/mol. The molecule has 2 aliphatic heterocycles. The van der Waals surface area contributed by atoms with E-state index in [0.29, 0.717) is 11.6 Å². The number of hydrogen-bond donors (Lipinski definition) is 0. The number of thioether (sulfide) groups is 1. The van der Waals surface area contributed by atoms with E-state index in [0.717, 1.165) is 31.4 Å². The summed E-state index contributed by atoms with van der Waals surface area (Å²) in [4.78, 5) is 18.8. The molecule has 2 heterocycles. The third-order valence-corrected chi connectivity index (χ3v) is 8.45. The Morgan fingerprint density at radius 1 is 1.19 bits per heavy atom. The number of amides is 1. The predicted molar refractivity (Wildman–Crippen MR) is 113 cm³/mol. The third-order valence-electron chi connectivity index (χ3n) is 5.24. The number of anilines is 1. The van der Waals surface area contributed by atoms with Gasteiger partial charge in [0.05, 0.1) is 17.5 Å². The minimum Gasteiger partial charge on any atom is -0.315 e. The Labute approximate surface area is 166 Å². The van der Waals surface area contributed by atoms with E-state index in [4.69, 9.17) is 0 Å². The summed E-state index contributed by atoms with van der Waals surface area (Å²) in [6.45, 7) is 6.26. The van der Waals surface area contributed by atoms with Crippen molar-refractivity contribution in [1.82, 2.24) is 0 Å². The van der Waals surface area contributed by atoms with Crippen molar-refractivity contribution in [2.75, 3.05) is 16.4 Å². The summed E-state index contributed by atoms with van der Waals surface area (Å²) in [6.07, 6.45) is 3.93. The Balaban J connectivity index is 2.07. The van der Waals surface area contributed by atoms with Crippen molar-refractivity contribution in [3.8, 4) is 0 Å². The van der Waals surface area contributed by atoms with E-state index < -0.39 is 9.84 Å². The lowest BCUT2D eigenvalue weighted by atomic mass is 10.0. The van der Waals surface area contributed by atoms with Crippen LogP contribution in [0.15, 0.2) is 23.2 Å². The van der Waals surface area contributed by atoms with Gasteiger partial charge in [-0.05, 0) is 30.4 Å². The number of carbonyl (C=O) groups is 1. The molecule has 0 aromatic heterocycles. The Morgan fingerprint density at radius 3 is 2.44 bits per heavy atom. The number of sulfone groups is 1. The summed E-state index contributed by atoms with van der Waals surface area (Å²) in [5.41, 5.74) is 3.41. The SMILES string of the molecule is CCCCC(=O)N=C1SC2CS(=O)(=O)CC2N1c1c(CC)cccc1CC. The van der Waals surface area contributed by atoms with Gasteiger partial charge in [0.25, 0.3) is 0 Å². The number of rotatable bonds is 6. The van der Waals surface area contributed by atoms with Gasteiger partial charge in [-0.15, -0.1) is 0 Å². The molecule has 7 heteroatoms. The first-order chi connectivity index (χ1) is 12.9. The van der Waals surface area contributed by atoms with Gasteiger partial charge in [0.1, 0.15) is 0 Å². The molecule has 2 fully saturated rings. The van der Waals surface area contributed by atoms with Crippen molar-refractivity contribution >= 4 is 38.4 Å². The molecule has 0 bridgehead atoms. The first kappa shape index (κ1) is 20.4. The van der Waals surface area contributed by atoms with Crippen LogP contribution in [-0.4, -0.2) is 42.3 Å². The second-order valence-electron chi connectivity index (χ2n) is 7.19. The van der Waals surface area contributed by atoms with E-state index in [9.17, 15) is 13.2 Å². The zero-order valence-electron chi connectivity index (χ0n) is 16.3. The Kier molecular flexibility index (Phi) is 6.31. The van der Waals surface area contributed by atoms with Crippen LogP contribution >= 0.6 is 11.8 Å². The average Bonchev–Trinajstić information content (AvgIpc) is 3.09. The first-order valence-corrected chi connectivity index (χ1v) is 12.5. The molecular formula is C20H28N2O3S2. The molecule has 2 unspecified atom stereocenters. The summed E-state index contributed by atoms with van der Waals surface area (Å²) < 4.78 is 24.5. The fourth-order valence-corrected chi connectivity index (χ4v) is 7.76. The summed E-state index contributed by atoms with van der Waals surface area (Å²) in [5, 5.41) is 0.624. The highest BCUT2D eigenvalue weighted by atomic mass is 32.2. The second-order valence-corrected chi connectivity index (χ2v) is 10.6. The summed E-state index contributed by atoms with van der Waals surface area (Å²) in [6, 6.07) is 6.09. The lowest BCUT2D eigenvalue weighted by Crippen LogP contribution is -2.39. The molecular weight excluding hydrogens is 380 g/mol. The maximum atomic E-state index is 12.3. The number of hydrogen-bond acceptors (Lipinski definition) is 4. The number of unbranched alkanes of at least 4 members (excludes halogenated alkanes) is 1. The smallest absolute Gasteiger partial charge is 0.248 e. The number of nitrogens with zero attached hydrogens (tertiary/aromatic N) is 2. The number of aliphatic imine (C=N–C) groups is 1. The van der Waals surface area contributed by atoms with Crippen LogP contribution in [0, 0.1) is 0 Å². The second kappa shape index (κ2) is 8.35. The van der Waals surface area contributed by atoms with E-state index in [2.05, 4.69) is 48.9 Å². The molecule has 2 saturated heterocycles. The van der Waals surface area contributed by atoms with Crippen LogP contribution in [0.1, 0.15) is 51.2 Å². The van der Waals surface area contributed by atoms with Gasteiger partial charge in [-0.3, -0.25) is 4.79 Å². The van der Waals surface area contributed by atoms with Crippen LogP contribution in [0.3, 0.4) is 0 Å². The van der Waals surface area contributed by atoms with Gasteiger partial charge in [-0.1, -0.05) is 57.2 Å². The maximum absolute atomic E-state index is 12.3. The number of benzene rings is 1.